The van der Waals surface area contributed by atoms with Gasteiger partial charge in [-0.05, 0) is 76.9 Å². The van der Waals surface area contributed by atoms with E-state index in [1.54, 1.807) is 0 Å². The molecule has 0 amide bonds. The summed E-state index contributed by atoms with van der Waals surface area (Å²) in [6.45, 7) is 0. The van der Waals surface area contributed by atoms with Crippen LogP contribution < -0.4 is 0 Å². The first-order valence-corrected chi connectivity index (χ1v) is 20.7. The van der Waals surface area contributed by atoms with Crippen LogP contribution in [0, 0.1) is 0 Å². The van der Waals surface area contributed by atoms with Gasteiger partial charge >= 0.3 is 0 Å². The SMILES string of the molecule is c1ccc(-c2nc(-n3c4ccccc4c4c(-c5cccc(-c6ccc7c8ccccc8n(-c8ccccc8)c7c6)c5)cc5c6ccccc6oc5c43)nc3ccccc23)cc1. The van der Waals surface area contributed by atoms with Gasteiger partial charge in [-0.15, -0.1) is 0 Å². The predicted octanol–water partition coefficient (Wildman–Crippen LogP) is 14.7. The van der Waals surface area contributed by atoms with Crippen molar-refractivity contribution in [2.24, 2.45) is 0 Å². The van der Waals surface area contributed by atoms with Crippen LogP contribution in [0.25, 0.3) is 122 Å². The van der Waals surface area contributed by atoms with E-state index in [1.165, 1.54) is 21.8 Å². The summed E-state index contributed by atoms with van der Waals surface area (Å²) in [4.78, 5) is 10.7. The molecule has 284 valence electrons. The molecule has 0 saturated carbocycles. The highest BCUT2D eigenvalue weighted by Crippen LogP contribution is 2.46. The van der Waals surface area contributed by atoms with E-state index in [0.29, 0.717) is 5.95 Å². The molecule has 0 aliphatic carbocycles. The summed E-state index contributed by atoms with van der Waals surface area (Å²) in [7, 11) is 0. The molecule has 0 N–H and O–H groups in total. The fourth-order valence-corrected chi connectivity index (χ4v) is 9.62. The fraction of sp³-hybridized carbons (Fsp3) is 0. The molecule has 0 atom stereocenters. The predicted molar refractivity (Wildman–Crippen MR) is 252 cm³/mol. The standard InChI is InChI=1S/C56H34N4O/c1-3-16-35(17-4-1)53-43-24-7-11-26-47(43)57-56(58-53)60-49-28-13-9-25-44(49)52-45(34-46-42-23-10-14-29-51(42)61-55(46)54(52)60)38-19-15-18-36(32-38)37-30-31-41-40-22-8-12-27-48(40)59(50(41)33-37)39-20-5-2-6-21-39/h1-34H. The third-order valence-corrected chi connectivity index (χ3v) is 12.3. The first kappa shape index (κ1) is 33.7. The number of fused-ring (bicyclic) bond motifs is 11. The lowest BCUT2D eigenvalue weighted by atomic mass is 9.94. The van der Waals surface area contributed by atoms with Gasteiger partial charge in [0.05, 0.1) is 27.8 Å². The average molecular weight is 779 g/mol. The van der Waals surface area contributed by atoms with Gasteiger partial charge in [0.2, 0.25) is 5.95 Å². The molecule has 0 aliphatic rings. The Hall–Kier alpha value is -8.28. The number of benzene rings is 9. The minimum Gasteiger partial charge on any atom is -0.454 e. The first-order valence-electron chi connectivity index (χ1n) is 20.7. The van der Waals surface area contributed by atoms with Gasteiger partial charge in [0.25, 0.3) is 0 Å². The molecule has 5 heteroatoms. The molecular formula is C56H34N4O. The van der Waals surface area contributed by atoms with E-state index in [2.05, 4.69) is 197 Å². The van der Waals surface area contributed by atoms with Gasteiger partial charge in [0, 0.05) is 49.0 Å². The molecule has 0 unspecified atom stereocenters. The van der Waals surface area contributed by atoms with Crippen LogP contribution in [-0.4, -0.2) is 19.1 Å². The second-order valence-corrected chi connectivity index (χ2v) is 15.7. The summed E-state index contributed by atoms with van der Waals surface area (Å²) in [6.07, 6.45) is 0. The highest BCUT2D eigenvalue weighted by atomic mass is 16.3. The zero-order valence-corrected chi connectivity index (χ0v) is 32.8. The Morgan fingerprint density at radius 3 is 1.84 bits per heavy atom. The van der Waals surface area contributed by atoms with E-state index >= 15 is 0 Å². The van der Waals surface area contributed by atoms with Crippen molar-refractivity contribution in [2.75, 3.05) is 0 Å². The van der Waals surface area contributed by atoms with Crippen LogP contribution >= 0.6 is 0 Å². The third kappa shape index (κ3) is 5.08. The van der Waals surface area contributed by atoms with Gasteiger partial charge in [0.1, 0.15) is 11.1 Å². The van der Waals surface area contributed by atoms with Crippen molar-refractivity contribution in [3.8, 4) is 45.1 Å². The minimum atomic E-state index is 0.596. The maximum absolute atomic E-state index is 6.88. The van der Waals surface area contributed by atoms with Crippen LogP contribution in [0.15, 0.2) is 211 Å². The summed E-state index contributed by atoms with van der Waals surface area (Å²) in [6, 6.07) is 73.1. The summed E-state index contributed by atoms with van der Waals surface area (Å²) >= 11 is 0. The molecule has 0 fully saturated rings. The summed E-state index contributed by atoms with van der Waals surface area (Å²) in [5.74, 6) is 0.596. The summed E-state index contributed by atoms with van der Waals surface area (Å²) in [5.41, 5.74) is 14.5. The van der Waals surface area contributed by atoms with E-state index in [4.69, 9.17) is 14.4 Å². The molecule has 61 heavy (non-hydrogen) atoms. The molecule has 13 aromatic rings. The Morgan fingerprint density at radius 2 is 1.00 bits per heavy atom. The van der Waals surface area contributed by atoms with E-state index in [-0.39, 0.29) is 0 Å². The highest BCUT2D eigenvalue weighted by molar-refractivity contribution is 6.26. The van der Waals surface area contributed by atoms with E-state index in [9.17, 15) is 0 Å². The zero-order valence-electron chi connectivity index (χ0n) is 32.8. The quantitative estimate of drug-likeness (QED) is 0.175. The van der Waals surface area contributed by atoms with Crippen LogP contribution in [-0.2, 0) is 0 Å². The number of furan rings is 1. The van der Waals surface area contributed by atoms with Crippen molar-refractivity contribution in [2.45, 2.75) is 0 Å². The summed E-state index contributed by atoms with van der Waals surface area (Å²) in [5, 5.41) is 7.79. The number of para-hydroxylation sites is 5. The number of hydrogen-bond acceptors (Lipinski definition) is 3. The van der Waals surface area contributed by atoms with Gasteiger partial charge < -0.3 is 8.98 Å². The average Bonchev–Trinajstić information content (AvgIpc) is 3.99. The summed E-state index contributed by atoms with van der Waals surface area (Å²) < 4.78 is 11.5. The van der Waals surface area contributed by atoms with Gasteiger partial charge in [0.15, 0.2) is 5.58 Å². The smallest absolute Gasteiger partial charge is 0.235 e. The second-order valence-electron chi connectivity index (χ2n) is 15.7. The lowest BCUT2D eigenvalue weighted by Crippen LogP contribution is -2.03. The molecule has 13 rings (SSSR count). The number of nitrogens with zero attached hydrogens (tertiary/aromatic N) is 4. The zero-order chi connectivity index (χ0) is 40.0. The lowest BCUT2D eigenvalue weighted by molar-refractivity contribution is 0.671. The van der Waals surface area contributed by atoms with Crippen LogP contribution in [0.1, 0.15) is 0 Å². The van der Waals surface area contributed by atoms with Crippen LogP contribution in [0.4, 0.5) is 0 Å². The second kappa shape index (κ2) is 13.1. The molecule has 0 bridgehead atoms. The molecule has 0 aliphatic heterocycles. The van der Waals surface area contributed by atoms with Gasteiger partial charge in [-0.1, -0.05) is 152 Å². The monoisotopic (exact) mass is 778 g/mol. The Morgan fingerprint density at radius 1 is 0.377 bits per heavy atom. The Labute approximate surface area is 350 Å². The van der Waals surface area contributed by atoms with Crippen molar-refractivity contribution in [1.29, 1.82) is 0 Å². The van der Waals surface area contributed by atoms with Crippen molar-refractivity contribution >= 4 is 76.5 Å². The third-order valence-electron chi connectivity index (χ3n) is 12.3. The van der Waals surface area contributed by atoms with E-state index < -0.39 is 0 Å². The Balaban J connectivity index is 1.09. The first-order chi connectivity index (χ1) is 30.3. The van der Waals surface area contributed by atoms with Crippen molar-refractivity contribution in [1.82, 2.24) is 19.1 Å². The normalized spacial score (nSPS) is 11.9. The van der Waals surface area contributed by atoms with Crippen molar-refractivity contribution in [3.63, 3.8) is 0 Å². The van der Waals surface area contributed by atoms with Crippen molar-refractivity contribution < 1.29 is 4.42 Å². The Bertz CT molecular complexity index is 3880. The van der Waals surface area contributed by atoms with Crippen LogP contribution in [0.3, 0.4) is 0 Å². The highest BCUT2D eigenvalue weighted by Gasteiger charge is 2.25. The van der Waals surface area contributed by atoms with Gasteiger partial charge in [-0.2, -0.15) is 0 Å². The lowest BCUT2D eigenvalue weighted by Gasteiger charge is -2.13. The molecule has 0 spiro atoms. The van der Waals surface area contributed by atoms with E-state index in [1.807, 2.05) is 18.2 Å². The fourth-order valence-electron chi connectivity index (χ4n) is 9.62. The molecule has 4 aromatic heterocycles. The molecule has 5 nitrogen and oxygen atoms in total. The number of aromatic nitrogens is 4. The van der Waals surface area contributed by atoms with Crippen LogP contribution in [0.5, 0.6) is 0 Å². The number of hydrogen-bond donors (Lipinski definition) is 0. The number of rotatable bonds is 5. The molecular weight excluding hydrogens is 745 g/mol. The van der Waals surface area contributed by atoms with Gasteiger partial charge in [-0.3, -0.25) is 4.57 Å². The minimum absolute atomic E-state index is 0.596. The largest absolute Gasteiger partial charge is 0.454 e. The van der Waals surface area contributed by atoms with Gasteiger partial charge in [-0.25, -0.2) is 9.97 Å². The molecule has 4 heterocycles. The molecule has 0 saturated heterocycles. The molecule has 9 aromatic carbocycles. The maximum Gasteiger partial charge on any atom is 0.235 e. The van der Waals surface area contributed by atoms with E-state index in [0.717, 1.165) is 93.8 Å². The van der Waals surface area contributed by atoms with Crippen LogP contribution in [0.2, 0.25) is 0 Å². The molecule has 0 radical (unpaired) electrons. The maximum atomic E-state index is 6.88. The van der Waals surface area contributed by atoms with Crippen molar-refractivity contribution in [3.05, 3.63) is 206 Å². The topological polar surface area (TPSA) is 48.8 Å². The Kier molecular flexibility index (Phi) is 7.24.